The second kappa shape index (κ2) is 13.8. The van der Waals surface area contributed by atoms with Crippen molar-refractivity contribution in [3.05, 3.63) is 107 Å². The summed E-state index contributed by atoms with van der Waals surface area (Å²) in [5.74, 6) is 0.680. The van der Waals surface area contributed by atoms with Crippen LogP contribution < -0.4 is 21.3 Å². The second-order valence-corrected chi connectivity index (χ2v) is 14.6. The zero-order chi connectivity index (χ0) is 34.9. The van der Waals surface area contributed by atoms with E-state index in [2.05, 4.69) is 32.2 Å². The first-order valence-corrected chi connectivity index (χ1v) is 17.1. The summed E-state index contributed by atoms with van der Waals surface area (Å²) in [6, 6.07) is 22.4. The minimum atomic E-state index is -0.530. The molecule has 2 bridgehead atoms. The highest BCUT2D eigenvalue weighted by molar-refractivity contribution is 6.06. The molecule has 0 spiro atoms. The van der Waals surface area contributed by atoms with Gasteiger partial charge in [0.05, 0.1) is 0 Å². The van der Waals surface area contributed by atoms with Gasteiger partial charge in [-0.3, -0.25) is 14.9 Å². The molecule has 49 heavy (non-hydrogen) atoms. The molecule has 0 aliphatic carbocycles. The standard InChI is InChI=1S/C39H46N6O4/c1-23-12-14-27(15-13-23)33-35(43-34(36(47)42-33)39(3,4)5)44-38(49)41-29-10-6-8-25(19-29)18-26-20-31-16-17-32(21-26)45(31)37(48)28-9-7-11-30(22-28)40-24(2)46/h6-15,19,22,26,31-33,42,47H,16-18,20-21H2,1-5H3,(H,40,46)(H2,41,43,44,49). The Morgan fingerprint density at radius 2 is 1.55 bits per heavy atom. The number of anilines is 2. The van der Waals surface area contributed by atoms with Crippen molar-refractivity contribution in [1.29, 1.82) is 0 Å². The van der Waals surface area contributed by atoms with Crippen LogP contribution in [-0.2, 0) is 11.2 Å². The van der Waals surface area contributed by atoms with Crippen LogP contribution in [0.5, 0.6) is 0 Å². The first-order chi connectivity index (χ1) is 23.3. The minimum absolute atomic E-state index is 0.00320. The topological polar surface area (TPSA) is 135 Å². The molecule has 2 fully saturated rings. The average Bonchev–Trinajstić information content (AvgIpc) is 3.30. The molecule has 2 saturated heterocycles. The van der Waals surface area contributed by atoms with Gasteiger partial charge in [0.15, 0.2) is 0 Å². The van der Waals surface area contributed by atoms with E-state index in [-0.39, 0.29) is 29.8 Å². The maximum atomic E-state index is 13.6. The number of carbonyl (C=O) groups excluding carboxylic acids is 3. The molecular weight excluding hydrogens is 616 g/mol. The Balaban J connectivity index is 1.10. The van der Waals surface area contributed by atoms with Crippen LogP contribution in [0.3, 0.4) is 0 Å². The molecule has 10 heteroatoms. The van der Waals surface area contributed by atoms with Gasteiger partial charge < -0.3 is 26.0 Å². The smallest absolute Gasteiger partial charge is 0.324 e. The molecule has 0 aromatic heterocycles. The van der Waals surface area contributed by atoms with E-state index in [1.54, 1.807) is 18.2 Å². The summed E-state index contributed by atoms with van der Waals surface area (Å²) in [4.78, 5) is 45.3. The van der Waals surface area contributed by atoms with E-state index in [1.165, 1.54) is 6.92 Å². The molecule has 3 aromatic carbocycles. The van der Waals surface area contributed by atoms with Gasteiger partial charge in [-0.1, -0.05) is 68.8 Å². The zero-order valence-electron chi connectivity index (χ0n) is 28.8. The number of nitrogens with one attached hydrogen (secondary N) is 4. The molecule has 3 unspecified atom stereocenters. The van der Waals surface area contributed by atoms with Crippen molar-refractivity contribution in [2.75, 3.05) is 10.6 Å². The number of rotatable bonds is 6. The lowest BCUT2D eigenvalue weighted by molar-refractivity contribution is -0.114. The molecule has 256 valence electrons. The summed E-state index contributed by atoms with van der Waals surface area (Å²) >= 11 is 0. The van der Waals surface area contributed by atoms with Crippen LogP contribution in [-0.4, -0.2) is 45.8 Å². The molecule has 3 aliphatic heterocycles. The van der Waals surface area contributed by atoms with E-state index in [4.69, 9.17) is 4.99 Å². The van der Waals surface area contributed by atoms with Gasteiger partial charge in [-0.25, -0.2) is 9.79 Å². The number of aryl methyl sites for hydroxylation is 1. The maximum absolute atomic E-state index is 13.6. The van der Waals surface area contributed by atoms with Crippen molar-refractivity contribution in [3.8, 4) is 0 Å². The first-order valence-electron chi connectivity index (χ1n) is 17.1. The van der Waals surface area contributed by atoms with Crippen LogP contribution in [0.15, 0.2) is 89.4 Å². The molecule has 6 rings (SSSR count). The average molecular weight is 663 g/mol. The molecular formula is C39H46N6O4. The molecule has 3 atom stereocenters. The van der Waals surface area contributed by atoms with E-state index in [0.717, 1.165) is 48.8 Å². The fourth-order valence-corrected chi connectivity index (χ4v) is 7.39. The Kier molecular flexibility index (Phi) is 9.50. The molecule has 4 amide bonds. The number of urea groups is 1. The molecule has 3 aliphatic rings. The van der Waals surface area contributed by atoms with Gasteiger partial charge in [0, 0.05) is 41.4 Å². The number of aliphatic hydroxyl groups is 1. The number of amidine groups is 1. The van der Waals surface area contributed by atoms with Gasteiger partial charge in [0.1, 0.15) is 17.6 Å². The molecule has 10 nitrogen and oxygen atoms in total. The summed E-state index contributed by atoms with van der Waals surface area (Å²) in [5, 5.41) is 22.7. The van der Waals surface area contributed by atoms with Crippen LogP contribution >= 0.6 is 0 Å². The summed E-state index contributed by atoms with van der Waals surface area (Å²) in [6.45, 7) is 9.34. The van der Waals surface area contributed by atoms with Crippen LogP contribution in [0.4, 0.5) is 16.2 Å². The number of aliphatic imine (C=N–C) groups is 1. The third-order valence-corrected chi connectivity index (χ3v) is 9.58. The first kappa shape index (κ1) is 33.8. The van der Waals surface area contributed by atoms with Crippen molar-refractivity contribution in [2.45, 2.75) is 84.8 Å². The number of nitrogens with zero attached hydrogens (tertiary/aromatic N) is 2. The van der Waals surface area contributed by atoms with Gasteiger partial charge >= 0.3 is 6.03 Å². The van der Waals surface area contributed by atoms with Gasteiger partial charge in [0.25, 0.3) is 5.91 Å². The lowest BCUT2D eigenvalue weighted by atomic mass is 9.85. The predicted octanol–water partition coefficient (Wildman–Crippen LogP) is 7.22. The number of aliphatic hydroxyl groups excluding tert-OH is 1. The number of benzene rings is 3. The Hall–Kier alpha value is -5.12. The fraction of sp³-hybridized carbons (Fsp3) is 0.385. The number of allylic oxidation sites excluding steroid dienone is 1. The van der Waals surface area contributed by atoms with E-state index in [9.17, 15) is 19.5 Å². The maximum Gasteiger partial charge on any atom is 0.324 e. The van der Waals surface area contributed by atoms with Gasteiger partial charge in [0.2, 0.25) is 11.8 Å². The lowest BCUT2D eigenvalue weighted by Crippen LogP contribution is -2.46. The van der Waals surface area contributed by atoms with Crippen LogP contribution in [0, 0.1) is 18.3 Å². The Morgan fingerprint density at radius 1 is 0.898 bits per heavy atom. The molecule has 0 radical (unpaired) electrons. The number of piperidine rings is 1. The number of hydrogen-bond donors (Lipinski definition) is 5. The van der Waals surface area contributed by atoms with Crippen molar-refractivity contribution in [1.82, 2.24) is 15.5 Å². The van der Waals surface area contributed by atoms with Crippen LogP contribution in [0.1, 0.15) is 86.5 Å². The highest BCUT2D eigenvalue weighted by Crippen LogP contribution is 2.41. The van der Waals surface area contributed by atoms with Gasteiger partial charge in [-0.2, -0.15) is 0 Å². The van der Waals surface area contributed by atoms with Crippen molar-refractivity contribution in [3.63, 3.8) is 0 Å². The van der Waals surface area contributed by atoms with Crippen molar-refractivity contribution in [2.24, 2.45) is 16.3 Å². The lowest BCUT2D eigenvalue weighted by Gasteiger charge is -2.39. The third-order valence-electron chi connectivity index (χ3n) is 9.58. The van der Waals surface area contributed by atoms with Crippen molar-refractivity contribution < 1.29 is 19.5 Å². The summed E-state index contributed by atoms with van der Waals surface area (Å²) in [6.07, 6.45) is 4.69. The van der Waals surface area contributed by atoms with Crippen LogP contribution in [0.2, 0.25) is 0 Å². The summed E-state index contributed by atoms with van der Waals surface area (Å²) in [7, 11) is 0. The predicted molar refractivity (Wildman–Crippen MR) is 192 cm³/mol. The Labute approximate surface area is 288 Å². The Bertz CT molecular complexity index is 1790. The summed E-state index contributed by atoms with van der Waals surface area (Å²) in [5.41, 5.74) is 5.02. The normalized spacial score (nSPS) is 21.8. The summed E-state index contributed by atoms with van der Waals surface area (Å²) < 4.78 is 0. The highest BCUT2D eigenvalue weighted by atomic mass is 16.3. The molecule has 5 N–H and O–H groups in total. The largest absolute Gasteiger partial charge is 0.493 e. The second-order valence-electron chi connectivity index (χ2n) is 14.6. The number of carbonyl (C=O) groups is 3. The van der Waals surface area contributed by atoms with E-state index < -0.39 is 17.5 Å². The fourth-order valence-electron chi connectivity index (χ4n) is 7.39. The highest BCUT2D eigenvalue weighted by Gasteiger charge is 2.43. The molecule has 3 heterocycles. The Morgan fingerprint density at radius 3 is 2.20 bits per heavy atom. The zero-order valence-corrected chi connectivity index (χ0v) is 28.8. The molecule has 0 saturated carbocycles. The monoisotopic (exact) mass is 662 g/mol. The number of amides is 4. The number of fused-ring (bicyclic) bond motifs is 2. The SMILES string of the molecule is CC(=O)Nc1cccc(C(=O)N2C3CCC2CC(Cc2cccc(NC(=O)NC4=NC(C(C)(C)C)=C(O)NC4c4ccc(C)cc4)c2)C3)c1. The van der Waals surface area contributed by atoms with Crippen LogP contribution in [0.25, 0.3) is 0 Å². The van der Waals surface area contributed by atoms with Gasteiger partial charge in [-0.05, 0) is 86.4 Å². The van der Waals surface area contributed by atoms with E-state index in [1.807, 2.05) is 76.2 Å². The number of hydrogen-bond acceptors (Lipinski definition) is 6. The van der Waals surface area contributed by atoms with Crippen molar-refractivity contribution >= 4 is 35.1 Å². The minimum Gasteiger partial charge on any atom is -0.493 e. The molecule has 3 aromatic rings. The quantitative estimate of drug-likeness (QED) is 0.190. The van der Waals surface area contributed by atoms with E-state index in [0.29, 0.717) is 34.4 Å². The van der Waals surface area contributed by atoms with Gasteiger partial charge in [-0.15, -0.1) is 0 Å². The van der Waals surface area contributed by atoms with E-state index >= 15 is 0 Å². The third kappa shape index (κ3) is 7.80.